The Morgan fingerprint density at radius 1 is 1.16 bits per heavy atom. The van der Waals surface area contributed by atoms with Gasteiger partial charge in [0.2, 0.25) is 5.91 Å². The van der Waals surface area contributed by atoms with Gasteiger partial charge in [-0.25, -0.2) is 0 Å². The van der Waals surface area contributed by atoms with Crippen LogP contribution in [0, 0.1) is 6.92 Å². The molecule has 0 bridgehead atoms. The number of carbonyl (C=O) groups excluding carboxylic acids is 1. The first-order chi connectivity index (χ1) is 9.09. The van der Waals surface area contributed by atoms with Crippen LogP contribution in [0.1, 0.15) is 21.5 Å². The van der Waals surface area contributed by atoms with Crippen LogP contribution in [0.25, 0.3) is 0 Å². The topological polar surface area (TPSA) is 78.3 Å². The van der Waals surface area contributed by atoms with E-state index in [9.17, 15) is 4.79 Å². The Kier molecular flexibility index (Phi) is 3.71. The molecule has 1 amide bonds. The summed E-state index contributed by atoms with van der Waals surface area (Å²) in [7, 11) is 0. The monoisotopic (exact) mass is 256 g/mol. The summed E-state index contributed by atoms with van der Waals surface area (Å²) < 4.78 is 5.71. The van der Waals surface area contributed by atoms with E-state index in [1.165, 1.54) is 0 Å². The lowest BCUT2D eigenvalue weighted by Crippen LogP contribution is -2.14. The summed E-state index contributed by atoms with van der Waals surface area (Å²) in [6.07, 6.45) is 0. The molecule has 0 aliphatic carbocycles. The Labute approximate surface area is 112 Å². The highest BCUT2D eigenvalue weighted by atomic mass is 16.5. The van der Waals surface area contributed by atoms with Gasteiger partial charge in [0.1, 0.15) is 12.4 Å². The Morgan fingerprint density at radius 3 is 2.63 bits per heavy atom. The standard InChI is InChI=1S/C15H16N2O2/c1-10-13(16)7-4-8-14(10)19-9-11-5-2-3-6-12(11)15(17)18/h2-8H,9,16H2,1H3,(H2,17,18). The summed E-state index contributed by atoms with van der Waals surface area (Å²) in [6.45, 7) is 2.17. The van der Waals surface area contributed by atoms with Crippen LogP contribution in [0.4, 0.5) is 5.69 Å². The van der Waals surface area contributed by atoms with Gasteiger partial charge in [0, 0.05) is 22.4 Å². The highest BCUT2D eigenvalue weighted by Gasteiger charge is 2.08. The zero-order valence-electron chi connectivity index (χ0n) is 10.7. The van der Waals surface area contributed by atoms with Crippen molar-refractivity contribution in [2.75, 3.05) is 5.73 Å². The second-order valence-electron chi connectivity index (χ2n) is 4.28. The molecule has 0 aromatic heterocycles. The van der Waals surface area contributed by atoms with E-state index in [0.29, 0.717) is 17.0 Å². The lowest BCUT2D eigenvalue weighted by atomic mass is 10.1. The van der Waals surface area contributed by atoms with Crippen molar-refractivity contribution < 1.29 is 9.53 Å². The fourth-order valence-corrected chi connectivity index (χ4v) is 1.83. The number of anilines is 1. The maximum absolute atomic E-state index is 11.3. The first-order valence-corrected chi connectivity index (χ1v) is 5.95. The number of hydrogen-bond donors (Lipinski definition) is 2. The minimum absolute atomic E-state index is 0.281. The van der Waals surface area contributed by atoms with Gasteiger partial charge in [0.15, 0.2) is 0 Å². The Morgan fingerprint density at radius 2 is 1.89 bits per heavy atom. The van der Waals surface area contributed by atoms with E-state index in [2.05, 4.69) is 0 Å². The molecule has 0 aliphatic heterocycles. The highest BCUT2D eigenvalue weighted by Crippen LogP contribution is 2.24. The van der Waals surface area contributed by atoms with Crippen molar-refractivity contribution in [3.05, 3.63) is 59.2 Å². The smallest absolute Gasteiger partial charge is 0.249 e. The van der Waals surface area contributed by atoms with Crippen LogP contribution in [0.5, 0.6) is 5.75 Å². The van der Waals surface area contributed by atoms with Gasteiger partial charge in [-0.2, -0.15) is 0 Å². The fraction of sp³-hybridized carbons (Fsp3) is 0.133. The van der Waals surface area contributed by atoms with E-state index in [1.54, 1.807) is 12.1 Å². The van der Waals surface area contributed by atoms with Gasteiger partial charge in [-0.3, -0.25) is 4.79 Å². The molecule has 0 unspecified atom stereocenters. The summed E-state index contributed by atoms with van der Waals surface area (Å²) >= 11 is 0. The SMILES string of the molecule is Cc1c(N)cccc1OCc1ccccc1C(N)=O. The summed E-state index contributed by atoms with van der Waals surface area (Å²) in [5, 5.41) is 0. The Bertz CT molecular complexity index is 609. The molecule has 2 aromatic carbocycles. The first-order valence-electron chi connectivity index (χ1n) is 5.95. The molecular weight excluding hydrogens is 240 g/mol. The van der Waals surface area contributed by atoms with Crippen molar-refractivity contribution >= 4 is 11.6 Å². The van der Waals surface area contributed by atoms with Gasteiger partial charge >= 0.3 is 0 Å². The number of carbonyl (C=O) groups is 1. The first kappa shape index (κ1) is 13.0. The average Bonchev–Trinajstić information content (AvgIpc) is 2.40. The molecule has 2 aromatic rings. The molecule has 0 saturated heterocycles. The molecular formula is C15H16N2O2. The molecule has 0 spiro atoms. The van der Waals surface area contributed by atoms with Crippen molar-refractivity contribution in [3.8, 4) is 5.75 Å². The summed E-state index contributed by atoms with van der Waals surface area (Å²) in [5.74, 6) is 0.253. The fourth-order valence-electron chi connectivity index (χ4n) is 1.83. The Balaban J connectivity index is 2.19. The second-order valence-corrected chi connectivity index (χ2v) is 4.28. The summed E-state index contributed by atoms with van der Waals surface area (Å²) in [6, 6.07) is 12.6. The van der Waals surface area contributed by atoms with Crippen LogP contribution in [0.2, 0.25) is 0 Å². The Hall–Kier alpha value is -2.49. The molecule has 0 saturated carbocycles. The molecule has 0 fully saturated rings. The highest BCUT2D eigenvalue weighted by molar-refractivity contribution is 5.94. The lowest BCUT2D eigenvalue weighted by molar-refractivity contribution is 0.0998. The molecule has 4 nitrogen and oxygen atoms in total. The zero-order valence-corrected chi connectivity index (χ0v) is 10.7. The van der Waals surface area contributed by atoms with Crippen LogP contribution in [-0.2, 0) is 6.61 Å². The number of amides is 1. The third-order valence-electron chi connectivity index (χ3n) is 2.99. The van der Waals surface area contributed by atoms with Gasteiger partial charge in [-0.05, 0) is 25.1 Å². The molecule has 2 rings (SSSR count). The third-order valence-corrected chi connectivity index (χ3v) is 2.99. The van der Waals surface area contributed by atoms with Crippen molar-refractivity contribution in [2.24, 2.45) is 5.73 Å². The van der Waals surface area contributed by atoms with Gasteiger partial charge < -0.3 is 16.2 Å². The number of hydrogen-bond acceptors (Lipinski definition) is 3. The molecule has 0 aliphatic rings. The van der Waals surface area contributed by atoms with Crippen LogP contribution in [0.3, 0.4) is 0 Å². The quantitative estimate of drug-likeness (QED) is 0.823. The van der Waals surface area contributed by atoms with E-state index in [0.717, 1.165) is 11.1 Å². The molecule has 4 heteroatoms. The molecule has 0 radical (unpaired) electrons. The predicted molar refractivity (Wildman–Crippen MR) is 74.9 cm³/mol. The maximum Gasteiger partial charge on any atom is 0.249 e. The predicted octanol–water partition coefficient (Wildman–Crippen LogP) is 2.26. The molecule has 98 valence electrons. The van der Waals surface area contributed by atoms with Crippen molar-refractivity contribution in [1.29, 1.82) is 0 Å². The van der Waals surface area contributed by atoms with Crippen LogP contribution >= 0.6 is 0 Å². The number of nitrogen functional groups attached to an aromatic ring is 1. The van der Waals surface area contributed by atoms with E-state index in [-0.39, 0.29) is 6.61 Å². The third kappa shape index (κ3) is 2.85. The van der Waals surface area contributed by atoms with Crippen molar-refractivity contribution in [2.45, 2.75) is 13.5 Å². The van der Waals surface area contributed by atoms with Crippen molar-refractivity contribution in [1.82, 2.24) is 0 Å². The molecule has 0 atom stereocenters. The zero-order chi connectivity index (χ0) is 13.8. The number of primary amides is 1. The number of benzene rings is 2. The maximum atomic E-state index is 11.3. The van der Waals surface area contributed by atoms with Gasteiger partial charge in [0.25, 0.3) is 0 Å². The van der Waals surface area contributed by atoms with E-state index >= 15 is 0 Å². The second kappa shape index (κ2) is 5.44. The van der Waals surface area contributed by atoms with Gasteiger partial charge in [-0.1, -0.05) is 24.3 Å². The number of ether oxygens (including phenoxy) is 1. The number of nitrogens with two attached hydrogens (primary N) is 2. The summed E-state index contributed by atoms with van der Waals surface area (Å²) in [5.41, 5.74) is 13.9. The summed E-state index contributed by atoms with van der Waals surface area (Å²) in [4.78, 5) is 11.3. The normalized spacial score (nSPS) is 10.2. The van der Waals surface area contributed by atoms with E-state index in [1.807, 2.05) is 37.3 Å². The van der Waals surface area contributed by atoms with E-state index < -0.39 is 5.91 Å². The number of rotatable bonds is 4. The molecule has 4 N–H and O–H groups in total. The largest absolute Gasteiger partial charge is 0.489 e. The van der Waals surface area contributed by atoms with Crippen LogP contribution < -0.4 is 16.2 Å². The van der Waals surface area contributed by atoms with Gasteiger partial charge in [0.05, 0.1) is 0 Å². The van der Waals surface area contributed by atoms with Crippen LogP contribution in [0.15, 0.2) is 42.5 Å². The van der Waals surface area contributed by atoms with Crippen LogP contribution in [-0.4, -0.2) is 5.91 Å². The van der Waals surface area contributed by atoms with Gasteiger partial charge in [-0.15, -0.1) is 0 Å². The molecule has 0 heterocycles. The molecule has 19 heavy (non-hydrogen) atoms. The minimum Gasteiger partial charge on any atom is -0.489 e. The lowest BCUT2D eigenvalue weighted by Gasteiger charge is -2.12. The van der Waals surface area contributed by atoms with E-state index in [4.69, 9.17) is 16.2 Å². The van der Waals surface area contributed by atoms with Crippen molar-refractivity contribution in [3.63, 3.8) is 0 Å². The minimum atomic E-state index is -0.455. The average molecular weight is 256 g/mol.